The zero-order valence-corrected chi connectivity index (χ0v) is 19.8. The Bertz CT molecular complexity index is 1300. The van der Waals surface area contributed by atoms with Crippen molar-refractivity contribution in [1.29, 1.82) is 0 Å². The average Bonchev–Trinajstić information content (AvgIpc) is 3.54. The van der Waals surface area contributed by atoms with Gasteiger partial charge in [-0.05, 0) is 24.3 Å². The third kappa shape index (κ3) is 5.07. The zero-order chi connectivity index (χ0) is 26.3. The van der Waals surface area contributed by atoms with Crippen molar-refractivity contribution in [3.8, 4) is 11.3 Å². The molecule has 0 saturated carbocycles. The van der Waals surface area contributed by atoms with E-state index in [1.807, 2.05) is 6.07 Å². The minimum Gasteiger partial charge on any atom is -0.394 e. The summed E-state index contributed by atoms with van der Waals surface area (Å²) in [6.07, 6.45) is -3.29. The standard InChI is InChI=1S/C24H22ClF3N4O5/c25-13-3-1-2-11(4-13)17-7-14(37-30-17)8-19-23(34)22(24(35)20(10-33)36-19)32-9-18(29-31-32)12-5-15(26)21(28)16(27)6-12/h1-6,9,14,19-20,22-24,33-35H,7-8,10H2/t14?,19-,20-,22-,23+,24+/m1/s1. The topological polar surface area (TPSA) is 122 Å². The molecule has 1 unspecified atom stereocenters. The van der Waals surface area contributed by atoms with E-state index in [4.69, 9.17) is 21.2 Å². The lowest BCUT2D eigenvalue weighted by Crippen LogP contribution is -2.56. The molecule has 9 nitrogen and oxygen atoms in total. The van der Waals surface area contributed by atoms with E-state index in [9.17, 15) is 28.5 Å². The van der Waals surface area contributed by atoms with Gasteiger partial charge < -0.3 is 24.9 Å². The van der Waals surface area contributed by atoms with E-state index in [2.05, 4.69) is 15.5 Å². The van der Waals surface area contributed by atoms with Crippen molar-refractivity contribution in [1.82, 2.24) is 15.0 Å². The Hall–Kier alpha value is -3.03. The van der Waals surface area contributed by atoms with Gasteiger partial charge in [0.05, 0.1) is 24.6 Å². The maximum absolute atomic E-state index is 13.7. The predicted molar refractivity (Wildman–Crippen MR) is 124 cm³/mol. The molecule has 0 aliphatic carbocycles. The SMILES string of the molecule is OC[C@H]1O[C@H](CC2CC(c3cccc(Cl)c3)=NO2)[C@H](O)[C@@H](n2cc(-c3cc(F)c(F)c(F)c3)nn2)[C@H]1O. The summed E-state index contributed by atoms with van der Waals surface area (Å²) in [5.41, 5.74) is 1.37. The lowest BCUT2D eigenvalue weighted by molar-refractivity contribution is -0.212. The van der Waals surface area contributed by atoms with Crippen LogP contribution in [0.5, 0.6) is 0 Å². The molecule has 2 aliphatic rings. The zero-order valence-electron chi connectivity index (χ0n) is 19.1. The van der Waals surface area contributed by atoms with E-state index in [1.54, 1.807) is 18.2 Å². The van der Waals surface area contributed by atoms with Gasteiger partial charge in [-0.2, -0.15) is 0 Å². The molecule has 3 heterocycles. The van der Waals surface area contributed by atoms with Gasteiger partial charge in [0, 0.05) is 29.0 Å². The second kappa shape index (κ2) is 10.4. The van der Waals surface area contributed by atoms with Crippen LogP contribution in [0, 0.1) is 17.5 Å². The third-order valence-corrected chi connectivity index (χ3v) is 6.71. The molecule has 0 radical (unpaired) electrons. The number of oxime groups is 1. The van der Waals surface area contributed by atoms with Crippen LogP contribution >= 0.6 is 11.6 Å². The molecule has 3 N–H and O–H groups in total. The van der Waals surface area contributed by atoms with Crippen LogP contribution in [0.1, 0.15) is 24.4 Å². The van der Waals surface area contributed by atoms with Gasteiger partial charge >= 0.3 is 0 Å². The van der Waals surface area contributed by atoms with E-state index in [-0.39, 0.29) is 17.7 Å². The van der Waals surface area contributed by atoms with Crippen LogP contribution in [-0.4, -0.2) is 73.2 Å². The van der Waals surface area contributed by atoms with Crippen LogP contribution in [0.4, 0.5) is 13.2 Å². The minimum absolute atomic E-state index is 0.0144. The number of halogens is 4. The normalized spacial score (nSPS) is 27.7. The van der Waals surface area contributed by atoms with Crippen molar-refractivity contribution in [2.75, 3.05) is 6.61 Å². The average molecular weight is 539 g/mol. The van der Waals surface area contributed by atoms with Crippen molar-refractivity contribution in [3.63, 3.8) is 0 Å². The summed E-state index contributed by atoms with van der Waals surface area (Å²) >= 11 is 6.05. The van der Waals surface area contributed by atoms with Gasteiger partial charge in [0.2, 0.25) is 0 Å². The Morgan fingerprint density at radius 2 is 1.76 bits per heavy atom. The van der Waals surface area contributed by atoms with E-state index in [0.29, 0.717) is 17.2 Å². The van der Waals surface area contributed by atoms with E-state index < -0.39 is 60.6 Å². The van der Waals surface area contributed by atoms with Crippen molar-refractivity contribution < 1.29 is 38.1 Å². The van der Waals surface area contributed by atoms with Crippen LogP contribution in [0.15, 0.2) is 47.8 Å². The molecule has 1 saturated heterocycles. The molecule has 196 valence electrons. The molecule has 2 aliphatic heterocycles. The van der Waals surface area contributed by atoms with Gasteiger partial charge in [-0.3, -0.25) is 0 Å². The lowest BCUT2D eigenvalue weighted by atomic mass is 9.89. The van der Waals surface area contributed by atoms with Crippen LogP contribution in [-0.2, 0) is 9.57 Å². The highest BCUT2D eigenvalue weighted by atomic mass is 35.5. The summed E-state index contributed by atoms with van der Waals surface area (Å²) < 4.78 is 47.6. The van der Waals surface area contributed by atoms with Gasteiger partial charge in [-0.15, -0.1) is 5.10 Å². The number of hydrogen-bond acceptors (Lipinski definition) is 8. The first-order chi connectivity index (χ1) is 17.7. The number of ether oxygens (including phenoxy) is 1. The minimum atomic E-state index is -1.61. The number of benzene rings is 2. The van der Waals surface area contributed by atoms with Crippen LogP contribution in [0.25, 0.3) is 11.3 Å². The maximum atomic E-state index is 13.7. The summed E-state index contributed by atoms with van der Waals surface area (Å²) in [6, 6.07) is 7.54. The largest absolute Gasteiger partial charge is 0.394 e. The summed E-state index contributed by atoms with van der Waals surface area (Å²) in [5, 5.41) is 44.1. The molecule has 1 aromatic heterocycles. The number of rotatable bonds is 6. The van der Waals surface area contributed by atoms with E-state index in [0.717, 1.165) is 22.4 Å². The van der Waals surface area contributed by atoms with Crippen LogP contribution in [0.2, 0.25) is 5.02 Å². The molecule has 5 rings (SSSR count). The molecule has 1 fully saturated rings. The number of aromatic nitrogens is 3. The Balaban J connectivity index is 1.34. The van der Waals surface area contributed by atoms with Crippen molar-refractivity contribution in [3.05, 3.63) is 70.6 Å². The fourth-order valence-electron chi connectivity index (χ4n) is 4.60. The Morgan fingerprint density at radius 3 is 2.46 bits per heavy atom. The number of nitrogens with zero attached hydrogens (tertiary/aromatic N) is 4. The Labute approximate surface area is 213 Å². The molecule has 37 heavy (non-hydrogen) atoms. The van der Waals surface area contributed by atoms with Gasteiger partial charge in [0.1, 0.15) is 36.2 Å². The maximum Gasteiger partial charge on any atom is 0.194 e. The summed E-state index contributed by atoms with van der Waals surface area (Å²) in [6.45, 7) is -0.549. The first-order valence-electron chi connectivity index (χ1n) is 11.4. The molecule has 13 heteroatoms. The highest BCUT2D eigenvalue weighted by Crippen LogP contribution is 2.34. The summed E-state index contributed by atoms with van der Waals surface area (Å²) in [5.74, 6) is -4.41. The Kier molecular flexibility index (Phi) is 7.19. The molecule has 3 aromatic rings. The quantitative estimate of drug-likeness (QED) is 0.412. The smallest absolute Gasteiger partial charge is 0.194 e. The first kappa shape index (κ1) is 25.6. The van der Waals surface area contributed by atoms with E-state index >= 15 is 0 Å². The van der Waals surface area contributed by atoms with Crippen LogP contribution < -0.4 is 0 Å². The molecule has 0 amide bonds. The summed E-state index contributed by atoms with van der Waals surface area (Å²) in [4.78, 5) is 5.53. The molecule has 6 atom stereocenters. The lowest BCUT2D eigenvalue weighted by Gasteiger charge is -2.42. The molecule has 0 spiro atoms. The number of aliphatic hydroxyl groups excluding tert-OH is 3. The highest BCUT2D eigenvalue weighted by Gasteiger charge is 2.47. The fourth-order valence-corrected chi connectivity index (χ4v) is 4.79. The molecular weight excluding hydrogens is 517 g/mol. The molecule has 0 bridgehead atoms. The van der Waals surface area contributed by atoms with E-state index in [1.165, 1.54) is 6.20 Å². The predicted octanol–water partition coefficient (Wildman–Crippen LogP) is 2.62. The Morgan fingerprint density at radius 1 is 1.03 bits per heavy atom. The number of aliphatic hydroxyl groups is 3. The van der Waals surface area contributed by atoms with Crippen molar-refractivity contribution >= 4 is 17.3 Å². The summed E-state index contributed by atoms with van der Waals surface area (Å²) in [7, 11) is 0. The highest BCUT2D eigenvalue weighted by molar-refractivity contribution is 6.31. The second-order valence-corrected chi connectivity index (χ2v) is 9.36. The van der Waals surface area contributed by atoms with Gasteiger partial charge in [-0.25, -0.2) is 17.9 Å². The monoisotopic (exact) mass is 538 g/mol. The number of hydrogen-bond donors (Lipinski definition) is 3. The second-order valence-electron chi connectivity index (χ2n) is 8.92. The fraction of sp³-hybridized carbons (Fsp3) is 0.375. The van der Waals surface area contributed by atoms with Crippen LogP contribution in [0.3, 0.4) is 0 Å². The van der Waals surface area contributed by atoms with Gasteiger partial charge in [-0.1, -0.05) is 34.1 Å². The molecular formula is C24H22ClF3N4O5. The van der Waals surface area contributed by atoms with Gasteiger partial charge in [0.15, 0.2) is 17.5 Å². The first-order valence-corrected chi connectivity index (χ1v) is 11.8. The third-order valence-electron chi connectivity index (χ3n) is 6.47. The van der Waals surface area contributed by atoms with Crippen molar-refractivity contribution in [2.24, 2.45) is 5.16 Å². The molecule has 2 aromatic carbocycles. The van der Waals surface area contributed by atoms with Crippen molar-refractivity contribution in [2.45, 2.75) is 49.4 Å². The van der Waals surface area contributed by atoms with Gasteiger partial charge in [0.25, 0.3) is 0 Å².